The van der Waals surface area contributed by atoms with Gasteiger partial charge >= 0.3 is 5.97 Å². The molecule has 1 fully saturated rings. The maximum absolute atomic E-state index is 12.6. The third kappa shape index (κ3) is 5.54. The molecule has 7 heteroatoms. The highest BCUT2D eigenvalue weighted by Gasteiger charge is 2.19. The molecule has 7 nitrogen and oxygen atoms in total. The number of carbonyl (C=O) groups excluding carboxylic acids is 1. The molecule has 0 radical (unpaired) electrons. The van der Waals surface area contributed by atoms with Crippen LogP contribution in [0.15, 0.2) is 30.3 Å². The van der Waals surface area contributed by atoms with Gasteiger partial charge in [0.25, 0.3) is 0 Å². The first kappa shape index (κ1) is 21.6. The van der Waals surface area contributed by atoms with E-state index in [-0.39, 0.29) is 5.69 Å². The first-order valence-electron chi connectivity index (χ1n) is 11.2. The van der Waals surface area contributed by atoms with Crippen LogP contribution in [0.5, 0.6) is 5.75 Å². The van der Waals surface area contributed by atoms with Crippen LogP contribution in [0.25, 0.3) is 11.3 Å². The number of esters is 1. The molecule has 0 unspecified atom stereocenters. The Morgan fingerprint density at radius 3 is 2.94 bits per heavy atom. The number of anilines is 1. The Morgan fingerprint density at radius 1 is 1.23 bits per heavy atom. The monoisotopic (exact) mass is 425 g/mol. The number of carbonyl (C=O) groups is 1. The van der Waals surface area contributed by atoms with Crippen LogP contribution in [-0.2, 0) is 15.9 Å². The van der Waals surface area contributed by atoms with Gasteiger partial charge in [0.05, 0.1) is 32.1 Å². The van der Waals surface area contributed by atoms with Gasteiger partial charge in [0.1, 0.15) is 0 Å². The van der Waals surface area contributed by atoms with E-state index in [1.54, 1.807) is 6.92 Å². The molecule has 4 rings (SSSR count). The van der Waals surface area contributed by atoms with Gasteiger partial charge in [0.15, 0.2) is 11.4 Å². The van der Waals surface area contributed by atoms with Crippen molar-refractivity contribution in [3.8, 4) is 17.0 Å². The SMILES string of the molecule is CCOC(=O)c1nc(-c2ccc3c(c2)NCCC3)ccc1OCCCN1CCOCC1. The van der Waals surface area contributed by atoms with Crippen molar-refractivity contribution < 1.29 is 19.0 Å². The van der Waals surface area contributed by atoms with Crippen LogP contribution in [0.3, 0.4) is 0 Å². The lowest BCUT2D eigenvalue weighted by Gasteiger charge is -2.26. The van der Waals surface area contributed by atoms with Gasteiger partial charge in [0.2, 0.25) is 0 Å². The van der Waals surface area contributed by atoms with Gasteiger partial charge in [-0.15, -0.1) is 0 Å². The number of ether oxygens (including phenoxy) is 3. The number of pyridine rings is 1. The van der Waals surface area contributed by atoms with Gasteiger partial charge in [-0.1, -0.05) is 12.1 Å². The molecule has 0 amide bonds. The molecule has 31 heavy (non-hydrogen) atoms. The summed E-state index contributed by atoms with van der Waals surface area (Å²) in [7, 11) is 0. The summed E-state index contributed by atoms with van der Waals surface area (Å²) in [6.07, 6.45) is 3.11. The second-order valence-corrected chi connectivity index (χ2v) is 7.82. The summed E-state index contributed by atoms with van der Waals surface area (Å²) in [5, 5.41) is 3.45. The largest absolute Gasteiger partial charge is 0.491 e. The topological polar surface area (TPSA) is 72.9 Å². The molecule has 3 heterocycles. The van der Waals surface area contributed by atoms with Crippen molar-refractivity contribution in [3.05, 3.63) is 41.6 Å². The number of fused-ring (bicyclic) bond motifs is 1. The number of nitrogens with zero attached hydrogens (tertiary/aromatic N) is 2. The summed E-state index contributed by atoms with van der Waals surface area (Å²) >= 11 is 0. The zero-order chi connectivity index (χ0) is 21.5. The molecule has 1 saturated heterocycles. The fourth-order valence-electron chi connectivity index (χ4n) is 3.98. The Kier molecular flexibility index (Phi) is 7.38. The lowest BCUT2D eigenvalue weighted by molar-refractivity contribution is 0.0356. The maximum atomic E-state index is 12.6. The molecule has 0 bridgehead atoms. The van der Waals surface area contributed by atoms with E-state index in [9.17, 15) is 4.79 Å². The molecule has 2 aromatic rings. The summed E-state index contributed by atoms with van der Waals surface area (Å²) in [6, 6.07) is 10.0. The van der Waals surface area contributed by atoms with Crippen LogP contribution in [0.4, 0.5) is 5.69 Å². The predicted octanol–water partition coefficient (Wildman–Crippen LogP) is 3.38. The summed E-state index contributed by atoms with van der Waals surface area (Å²) in [5.74, 6) is 0.0175. The van der Waals surface area contributed by atoms with E-state index >= 15 is 0 Å². The van der Waals surface area contributed by atoms with Crippen molar-refractivity contribution in [1.29, 1.82) is 0 Å². The average molecular weight is 426 g/mol. The molecule has 0 aliphatic carbocycles. The van der Waals surface area contributed by atoms with Crippen molar-refractivity contribution >= 4 is 11.7 Å². The van der Waals surface area contributed by atoms with Crippen LogP contribution < -0.4 is 10.1 Å². The van der Waals surface area contributed by atoms with Crippen LogP contribution >= 0.6 is 0 Å². The van der Waals surface area contributed by atoms with E-state index in [4.69, 9.17) is 14.2 Å². The zero-order valence-corrected chi connectivity index (χ0v) is 18.2. The highest BCUT2D eigenvalue weighted by molar-refractivity contribution is 5.91. The Hall–Kier alpha value is -2.64. The van der Waals surface area contributed by atoms with E-state index in [1.165, 1.54) is 5.56 Å². The number of morpholine rings is 1. The molecule has 1 N–H and O–H groups in total. The second kappa shape index (κ2) is 10.6. The maximum Gasteiger partial charge on any atom is 0.360 e. The fourth-order valence-corrected chi connectivity index (χ4v) is 3.98. The van der Waals surface area contributed by atoms with Gasteiger partial charge in [-0.2, -0.15) is 0 Å². The Bertz CT molecular complexity index is 896. The first-order chi connectivity index (χ1) is 15.2. The number of hydrogen-bond donors (Lipinski definition) is 1. The van der Waals surface area contributed by atoms with Gasteiger partial charge in [0, 0.05) is 37.4 Å². The van der Waals surface area contributed by atoms with Gasteiger partial charge in [-0.25, -0.2) is 9.78 Å². The Morgan fingerprint density at radius 2 is 2.10 bits per heavy atom. The van der Waals surface area contributed by atoms with Gasteiger partial charge in [-0.3, -0.25) is 4.90 Å². The van der Waals surface area contributed by atoms with E-state index in [0.717, 1.165) is 75.6 Å². The number of benzene rings is 1. The quantitative estimate of drug-likeness (QED) is 0.513. The number of hydrogen-bond acceptors (Lipinski definition) is 7. The molecule has 1 aromatic carbocycles. The molecule has 0 saturated carbocycles. The molecule has 0 atom stereocenters. The van der Waals surface area contributed by atoms with Crippen LogP contribution in [-0.4, -0.2) is 68.5 Å². The lowest BCUT2D eigenvalue weighted by Crippen LogP contribution is -2.37. The molecule has 1 aromatic heterocycles. The smallest absolute Gasteiger partial charge is 0.360 e. The minimum atomic E-state index is -0.455. The van der Waals surface area contributed by atoms with Crippen LogP contribution in [0, 0.1) is 0 Å². The van der Waals surface area contributed by atoms with Crippen molar-refractivity contribution in [1.82, 2.24) is 9.88 Å². The molecule has 166 valence electrons. The molecule has 0 spiro atoms. The minimum absolute atomic E-state index is 0.233. The van der Waals surface area contributed by atoms with Crippen LogP contribution in [0.2, 0.25) is 0 Å². The van der Waals surface area contributed by atoms with Crippen molar-refractivity contribution in [3.63, 3.8) is 0 Å². The zero-order valence-electron chi connectivity index (χ0n) is 18.2. The first-order valence-corrected chi connectivity index (χ1v) is 11.2. The summed E-state index contributed by atoms with van der Waals surface area (Å²) in [4.78, 5) is 19.6. The van der Waals surface area contributed by atoms with Crippen molar-refractivity contribution in [2.24, 2.45) is 0 Å². The molecular weight excluding hydrogens is 394 g/mol. The van der Waals surface area contributed by atoms with E-state index in [2.05, 4.69) is 33.4 Å². The minimum Gasteiger partial charge on any atom is -0.491 e. The van der Waals surface area contributed by atoms with Gasteiger partial charge in [-0.05, 0) is 49.9 Å². The van der Waals surface area contributed by atoms with Gasteiger partial charge < -0.3 is 19.5 Å². The van der Waals surface area contributed by atoms with Crippen molar-refractivity contribution in [2.45, 2.75) is 26.2 Å². The normalized spacial score (nSPS) is 16.3. The summed E-state index contributed by atoms with van der Waals surface area (Å²) in [6.45, 7) is 8.03. The number of rotatable bonds is 8. The number of aryl methyl sites for hydroxylation is 1. The Labute approximate surface area is 183 Å². The van der Waals surface area contributed by atoms with Crippen LogP contribution in [0.1, 0.15) is 35.8 Å². The Balaban J connectivity index is 1.47. The lowest BCUT2D eigenvalue weighted by atomic mass is 10.00. The summed E-state index contributed by atoms with van der Waals surface area (Å²) in [5.41, 5.74) is 4.40. The molecule has 2 aliphatic heterocycles. The average Bonchev–Trinajstić information content (AvgIpc) is 2.82. The third-order valence-corrected chi connectivity index (χ3v) is 5.65. The molecular formula is C24H31N3O4. The standard InChI is InChI=1S/C24H31N3O4/c1-2-30-24(28)23-22(31-14-4-11-27-12-15-29-16-13-27)9-8-20(26-23)19-7-6-18-5-3-10-25-21(18)17-19/h6-9,17,25H,2-5,10-16H2,1H3. The van der Waals surface area contributed by atoms with E-state index in [1.807, 2.05) is 12.1 Å². The predicted molar refractivity (Wildman–Crippen MR) is 120 cm³/mol. The van der Waals surface area contributed by atoms with Crippen molar-refractivity contribution in [2.75, 3.05) is 57.9 Å². The molecule has 2 aliphatic rings. The van der Waals surface area contributed by atoms with E-state index < -0.39 is 5.97 Å². The fraction of sp³-hybridized carbons (Fsp3) is 0.500. The second-order valence-electron chi connectivity index (χ2n) is 7.82. The highest BCUT2D eigenvalue weighted by atomic mass is 16.5. The summed E-state index contributed by atoms with van der Waals surface area (Å²) < 4.78 is 16.6. The third-order valence-electron chi connectivity index (χ3n) is 5.65. The number of nitrogens with one attached hydrogen (secondary N) is 1. The van der Waals surface area contributed by atoms with E-state index in [0.29, 0.717) is 19.0 Å². The number of aromatic nitrogens is 1. The highest BCUT2D eigenvalue weighted by Crippen LogP contribution is 2.30.